The highest BCUT2D eigenvalue weighted by Crippen LogP contribution is 2.32. The van der Waals surface area contributed by atoms with E-state index in [1.165, 1.54) is 11.3 Å². The fourth-order valence-corrected chi connectivity index (χ4v) is 5.00. The summed E-state index contributed by atoms with van der Waals surface area (Å²) in [5.41, 5.74) is 4.34. The van der Waals surface area contributed by atoms with Gasteiger partial charge in [0, 0.05) is 11.1 Å². The molecule has 0 spiro atoms. The lowest BCUT2D eigenvalue weighted by Gasteiger charge is -2.10. The second kappa shape index (κ2) is 10.2. The first-order chi connectivity index (χ1) is 17.2. The van der Waals surface area contributed by atoms with E-state index in [4.69, 9.17) is 14.5 Å². The van der Waals surface area contributed by atoms with Crippen LogP contribution in [0.3, 0.4) is 0 Å². The average molecular weight is 483 g/mol. The third-order valence-electron chi connectivity index (χ3n) is 5.80. The maximum atomic E-state index is 13.6. The van der Waals surface area contributed by atoms with Crippen molar-refractivity contribution in [2.75, 3.05) is 13.7 Å². The van der Waals surface area contributed by atoms with E-state index in [9.17, 15) is 4.79 Å². The summed E-state index contributed by atoms with van der Waals surface area (Å²) >= 11 is 1.39. The highest BCUT2D eigenvalue weighted by atomic mass is 32.1. The lowest BCUT2D eigenvalue weighted by molar-refractivity contribution is 0.288. The van der Waals surface area contributed by atoms with Crippen LogP contribution in [-0.2, 0) is 0 Å². The van der Waals surface area contributed by atoms with E-state index in [2.05, 4.69) is 6.92 Å². The van der Waals surface area contributed by atoms with E-state index < -0.39 is 0 Å². The molecule has 0 fully saturated rings. The Balaban J connectivity index is 1.63. The van der Waals surface area contributed by atoms with Crippen LogP contribution in [0.1, 0.15) is 25.3 Å². The third kappa shape index (κ3) is 4.57. The maximum absolute atomic E-state index is 13.6. The van der Waals surface area contributed by atoms with Crippen molar-refractivity contribution in [2.24, 2.45) is 0 Å². The molecule has 5 nitrogen and oxygen atoms in total. The number of aromatic nitrogens is 2. The Hall–Kier alpha value is -3.90. The molecule has 0 radical (unpaired) electrons. The second-order valence-corrected chi connectivity index (χ2v) is 9.20. The van der Waals surface area contributed by atoms with Gasteiger partial charge in [0.1, 0.15) is 0 Å². The minimum absolute atomic E-state index is 0.0826. The Morgan fingerprint density at radius 3 is 2.34 bits per heavy atom. The van der Waals surface area contributed by atoms with Gasteiger partial charge in [-0.25, -0.2) is 9.38 Å². The number of rotatable bonds is 8. The van der Waals surface area contributed by atoms with Gasteiger partial charge in [-0.2, -0.15) is 0 Å². The first kappa shape index (κ1) is 22.9. The van der Waals surface area contributed by atoms with Gasteiger partial charge < -0.3 is 9.47 Å². The van der Waals surface area contributed by atoms with E-state index in [0.717, 1.165) is 40.9 Å². The topological polar surface area (TPSA) is 52.8 Å². The lowest BCUT2D eigenvalue weighted by Crippen LogP contribution is -2.23. The molecule has 5 aromatic rings. The molecule has 0 amide bonds. The van der Waals surface area contributed by atoms with Gasteiger partial charge in [0.25, 0.3) is 5.56 Å². The van der Waals surface area contributed by atoms with Crippen LogP contribution in [-0.4, -0.2) is 23.1 Å². The molecule has 0 bridgehead atoms. The standard InChI is InChI=1S/C29H26N2O3S/c1-3-4-17-34-23-16-15-20(18-24(23)33-2)19-25-28(32)31-27(22-13-9-6-10-14-22)26(30-29(31)35-25)21-11-7-5-8-12-21/h5-16,18-19H,3-4,17H2,1-2H3/b25-19-. The normalized spacial score (nSPS) is 11.8. The molecule has 0 aliphatic heterocycles. The van der Waals surface area contributed by atoms with Crippen LogP contribution >= 0.6 is 11.3 Å². The van der Waals surface area contributed by atoms with Crippen LogP contribution in [0, 0.1) is 0 Å². The Labute approximate surface area is 207 Å². The minimum atomic E-state index is -0.0826. The zero-order valence-corrected chi connectivity index (χ0v) is 20.5. The van der Waals surface area contributed by atoms with Gasteiger partial charge in [-0.15, -0.1) is 0 Å². The summed E-state index contributed by atoms with van der Waals surface area (Å²) in [7, 11) is 1.63. The molecule has 0 N–H and O–H groups in total. The van der Waals surface area contributed by atoms with E-state index in [1.807, 2.05) is 84.9 Å². The molecule has 2 aromatic heterocycles. The van der Waals surface area contributed by atoms with Gasteiger partial charge in [0.2, 0.25) is 0 Å². The van der Waals surface area contributed by atoms with Gasteiger partial charge >= 0.3 is 0 Å². The first-order valence-electron chi connectivity index (χ1n) is 11.7. The molecule has 5 rings (SSSR count). The van der Waals surface area contributed by atoms with E-state index in [-0.39, 0.29) is 5.56 Å². The zero-order chi connectivity index (χ0) is 24.2. The molecule has 0 atom stereocenters. The smallest absolute Gasteiger partial charge is 0.274 e. The number of methoxy groups -OCH3 is 1. The predicted octanol–water partition coefficient (Wildman–Crippen LogP) is 5.83. The number of imidazole rings is 1. The molecule has 3 aromatic carbocycles. The maximum Gasteiger partial charge on any atom is 0.274 e. The highest BCUT2D eigenvalue weighted by Gasteiger charge is 2.20. The van der Waals surface area contributed by atoms with Gasteiger partial charge in [-0.3, -0.25) is 4.79 Å². The van der Waals surface area contributed by atoms with Crippen LogP contribution in [0.4, 0.5) is 0 Å². The molecule has 0 unspecified atom stereocenters. The van der Waals surface area contributed by atoms with Crippen LogP contribution in [0.2, 0.25) is 0 Å². The number of nitrogens with zero attached hydrogens (tertiary/aromatic N) is 2. The summed E-state index contributed by atoms with van der Waals surface area (Å²) in [5.74, 6) is 1.36. The molecule has 6 heteroatoms. The average Bonchev–Trinajstić information content (AvgIpc) is 3.42. The molecular weight excluding hydrogens is 456 g/mol. The van der Waals surface area contributed by atoms with E-state index >= 15 is 0 Å². The van der Waals surface area contributed by atoms with Crippen molar-refractivity contribution < 1.29 is 9.47 Å². The van der Waals surface area contributed by atoms with Crippen LogP contribution in [0.15, 0.2) is 83.7 Å². The fraction of sp³-hybridized carbons (Fsp3) is 0.172. The molecule has 0 aliphatic rings. The van der Waals surface area contributed by atoms with Crippen molar-refractivity contribution >= 4 is 22.4 Å². The molecule has 0 saturated heterocycles. The molecule has 176 valence electrons. The Bertz CT molecular complexity index is 1560. The quantitative estimate of drug-likeness (QED) is 0.261. The summed E-state index contributed by atoms with van der Waals surface area (Å²) in [5, 5.41) is 0. The number of ether oxygens (including phenoxy) is 2. The number of hydrogen-bond acceptors (Lipinski definition) is 5. The molecule has 0 saturated carbocycles. The van der Waals surface area contributed by atoms with Crippen molar-refractivity contribution in [3.63, 3.8) is 0 Å². The van der Waals surface area contributed by atoms with Crippen LogP contribution < -0.4 is 19.6 Å². The highest BCUT2D eigenvalue weighted by molar-refractivity contribution is 7.15. The lowest BCUT2D eigenvalue weighted by atomic mass is 10.1. The zero-order valence-electron chi connectivity index (χ0n) is 19.7. The van der Waals surface area contributed by atoms with Crippen molar-refractivity contribution in [3.8, 4) is 34.0 Å². The second-order valence-electron chi connectivity index (χ2n) is 8.19. The van der Waals surface area contributed by atoms with Gasteiger partial charge in [-0.05, 0) is 30.2 Å². The van der Waals surface area contributed by atoms with Crippen molar-refractivity contribution in [2.45, 2.75) is 19.8 Å². The molecule has 2 heterocycles. The summed E-state index contributed by atoms with van der Waals surface area (Å²) in [6, 6.07) is 25.7. The van der Waals surface area contributed by atoms with Gasteiger partial charge in [-0.1, -0.05) is 91.4 Å². The first-order valence-corrected chi connectivity index (χ1v) is 12.5. The third-order valence-corrected chi connectivity index (χ3v) is 6.77. The number of unbranched alkanes of at least 4 members (excludes halogenated alkanes) is 1. The minimum Gasteiger partial charge on any atom is -0.493 e. The largest absolute Gasteiger partial charge is 0.493 e. The SMILES string of the molecule is CCCCOc1ccc(/C=c2\sc3nc(-c4ccccc4)c(-c4ccccc4)n3c2=O)cc1OC. The van der Waals surface area contributed by atoms with Crippen LogP contribution in [0.25, 0.3) is 33.6 Å². The summed E-state index contributed by atoms with van der Waals surface area (Å²) < 4.78 is 13.7. The number of fused-ring (bicyclic) bond motifs is 1. The Kier molecular flexibility index (Phi) is 6.64. The van der Waals surface area contributed by atoms with Gasteiger partial charge in [0.05, 0.1) is 29.6 Å². The predicted molar refractivity (Wildman–Crippen MR) is 142 cm³/mol. The number of thiazole rings is 1. The number of hydrogen-bond donors (Lipinski definition) is 0. The molecular formula is C29H26N2O3S. The summed E-state index contributed by atoms with van der Waals surface area (Å²) in [6.45, 7) is 2.78. The van der Waals surface area contributed by atoms with Crippen molar-refractivity contribution in [3.05, 3.63) is 99.3 Å². The summed E-state index contributed by atoms with van der Waals surface area (Å²) in [6.07, 6.45) is 3.94. The van der Waals surface area contributed by atoms with Gasteiger partial charge in [0.15, 0.2) is 16.5 Å². The Morgan fingerprint density at radius 1 is 0.943 bits per heavy atom. The summed E-state index contributed by atoms with van der Waals surface area (Å²) in [4.78, 5) is 19.2. The fourth-order valence-electron chi connectivity index (χ4n) is 4.03. The van der Waals surface area contributed by atoms with Crippen molar-refractivity contribution in [1.82, 2.24) is 9.38 Å². The van der Waals surface area contributed by atoms with E-state index in [1.54, 1.807) is 11.5 Å². The van der Waals surface area contributed by atoms with E-state index in [0.29, 0.717) is 27.6 Å². The van der Waals surface area contributed by atoms with Crippen LogP contribution in [0.5, 0.6) is 11.5 Å². The number of benzene rings is 3. The molecule has 0 aliphatic carbocycles. The monoisotopic (exact) mass is 482 g/mol. The molecule has 35 heavy (non-hydrogen) atoms. The van der Waals surface area contributed by atoms with Crippen molar-refractivity contribution in [1.29, 1.82) is 0 Å². The Morgan fingerprint density at radius 2 is 1.66 bits per heavy atom.